The van der Waals surface area contributed by atoms with E-state index in [4.69, 9.17) is 0 Å². The molecule has 3 aromatic carbocycles. The second kappa shape index (κ2) is 10.7. The van der Waals surface area contributed by atoms with Crippen LogP contribution in [0, 0.1) is 5.82 Å². The maximum Gasteiger partial charge on any atom is 0.265 e. The Bertz CT molecular complexity index is 1450. The molecule has 9 heteroatoms. The lowest BCUT2D eigenvalue weighted by Crippen LogP contribution is -2.49. The minimum atomic E-state index is -3.70. The number of hydrogen-bond donors (Lipinski definition) is 1. The molecule has 0 saturated heterocycles. The van der Waals surface area contributed by atoms with Gasteiger partial charge >= 0.3 is 0 Å². The van der Waals surface area contributed by atoms with Crippen LogP contribution in [0.4, 0.5) is 10.1 Å². The van der Waals surface area contributed by atoms with Crippen molar-refractivity contribution in [2.24, 2.45) is 0 Å². The number of amides is 2. The van der Waals surface area contributed by atoms with Crippen LogP contribution in [-0.2, 0) is 26.2 Å². The Hall–Kier alpha value is -3.46. The van der Waals surface area contributed by atoms with E-state index in [-0.39, 0.29) is 48.1 Å². The minimum absolute atomic E-state index is 0.0700. The highest BCUT2D eigenvalue weighted by Gasteiger charge is 2.35. The first-order valence-corrected chi connectivity index (χ1v) is 14.6. The Morgan fingerprint density at radius 1 is 1.05 bits per heavy atom. The molecule has 2 amide bonds. The van der Waals surface area contributed by atoms with Gasteiger partial charge in [-0.3, -0.25) is 13.9 Å². The third kappa shape index (κ3) is 5.12. The molecule has 0 bridgehead atoms. The Kier molecular flexibility index (Phi) is 7.38. The predicted octanol–water partition coefficient (Wildman–Crippen LogP) is 4.74. The summed E-state index contributed by atoms with van der Waals surface area (Å²) in [5.74, 6) is -0.839. The van der Waals surface area contributed by atoms with Gasteiger partial charge in [-0.1, -0.05) is 49.2 Å². The summed E-state index contributed by atoms with van der Waals surface area (Å²) in [4.78, 5) is 28.3. The smallest absolute Gasteiger partial charge is 0.265 e. The number of hydrogen-bond acceptors (Lipinski definition) is 4. The molecule has 1 N–H and O–H groups in total. The lowest BCUT2D eigenvalue weighted by Gasteiger charge is -2.30. The normalized spacial score (nSPS) is 17.1. The molecule has 2 aliphatic rings. The van der Waals surface area contributed by atoms with Crippen molar-refractivity contribution >= 4 is 38.3 Å². The van der Waals surface area contributed by atoms with E-state index in [2.05, 4.69) is 5.32 Å². The minimum Gasteiger partial charge on any atom is -0.352 e. The quantitative estimate of drug-likeness (QED) is 0.427. The van der Waals surface area contributed by atoms with E-state index in [1.807, 2.05) is 18.2 Å². The van der Waals surface area contributed by atoms with Gasteiger partial charge in [-0.15, -0.1) is 0 Å². The highest BCUT2D eigenvalue weighted by molar-refractivity contribution is 7.93. The summed E-state index contributed by atoms with van der Waals surface area (Å²) >= 11 is 0. The van der Waals surface area contributed by atoms with Crippen LogP contribution >= 0.6 is 0 Å². The number of carbonyl (C=O) groups excluding carboxylic acids is 2. The van der Waals surface area contributed by atoms with Crippen molar-refractivity contribution in [2.75, 3.05) is 10.8 Å². The average Bonchev–Trinajstić information content (AvgIpc) is 3.49. The maximum absolute atomic E-state index is 13.5. The van der Waals surface area contributed by atoms with E-state index in [9.17, 15) is 22.4 Å². The number of rotatable bonds is 9. The molecule has 0 radical (unpaired) electrons. The number of nitrogens with one attached hydrogen (secondary N) is 1. The third-order valence-corrected chi connectivity index (χ3v) is 9.42. The lowest BCUT2D eigenvalue weighted by molar-refractivity contribution is -0.141. The third-order valence-electron chi connectivity index (χ3n) is 7.57. The molecule has 1 aliphatic carbocycles. The van der Waals surface area contributed by atoms with Gasteiger partial charge < -0.3 is 10.2 Å². The summed E-state index contributed by atoms with van der Waals surface area (Å²) in [6.07, 6.45) is 4.39. The molecular formula is C29H32FN3O4S. The zero-order valence-corrected chi connectivity index (χ0v) is 22.2. The van der Waals surface area contributed by atoms with Gasteiger partial charge in [0.05, 0.1) is 10.6 Å². The monoisotopic (exact) mass is 537 g/mol. The summed E-state index contributed by atoms with van der Waals surface area (Å²) in [6, 6.07) is 16.0. The summed E-state index contributed by atoms with van der Waals surface area (Å²) in [7, 11) is -3.70. The number of nitrogens with zero attached hydrogens (tertiary/aromatic N) is 2. The molecule has 5 rings (SSSR count). The number of anilines is 1. The van der Waals surface area contributed by atoms with Crippen LogP contribution in [0.1, 0.15) is 51.0 Å². The van der Waals surface area contributed by atoms with E-state index in [1.165, 1.54) is 21.3 Å². The molecule has 1 fully saturated rings. The summed E-state index contributed by atoms with van der Waals surface area (Å²) in [5.41, 5.74) is 1.34. The molecule has 1 unspecified atom stereocenters. The van der Waals surface area contributed by atoms with Crippen molar-refractivity contribution in [1.29, 1.82) is 0 Å². The molecule has 1 heterocycles. The number of sulfonamides is 1. The zero-order chi connectivity index (χ0) is 26.9. The van der Waals surface area contributed by atoms with Crippen LogP contribution in [0.25, 0.3) is 10.8 Å². The van der Waals surface area contributed by atoms with Crippen LogP contribution in [0.2, 0.25) is 0 Å². The predicted molar refractivity (Wildman–Crippen MR) is 145 cm³/mol. The van der Waals surface area contributed by atoms with Gasteiger partial charge in [0.1, 0.15) is 11.9 Å². The lowest BCUT2D eigenvalue weighted by atomic mass is 10.1. The molecule has 0 spiro atoms. The van der Waals surface area contributed by atoms with Gasteiger partial charge in [0.25, 0.3) is 10.0 Å². The molecule has 1 atom stereocenters. The highest BCUT2D eigenvalue weighted by Crippen LogP contribution is 2.42. The average molecular weight is 538 g/mol. The SMILES string of the molecule is CC(C(=O)NC1CCCC1)N(Cc1ccc(F)cc1)C(=O)CCCN1c2cccc3cccc(c23)S1(=O)=O. The molecular weight excluding hydrogens is 505 g/mol. The van der Waals surface area contributed by atoms with Gasteiger partial charge in [-0.2, -0.15) is 0 Å². The molecule has 0 aromatic heterocycles. The van der Waals surface area contributed by atoms with Crippen molar-refractivity contribution in [3.8, 4) is 0 Å². The largest absolute Gasteiger partial charge is 0.352 e. The Morgan fingerprint density at radius 2 is 1.74 bits per heavy atom. The van der Waals surface area contributed by atoms with Crippen molar-refractivity contribution in [1.82, 2.24) is 10.2 Å². The van der Waals surface area contributed by atoms with E-state index in [1.54, 1.807) is 37.3 Å². The molecule has 1 aliphatic heterocycles. The second-order valence-corrected chi connectivity index (χ2v) is 12.0. The number of benzene rings is 3. The molecule has 200 valence electrons. The Labute approximate surface area is 222 Å². The van der Waals surface area contributed by atoms with Crippen LogP contribution in [0.15, 0.2) is 65.6 Å². The fraction of sp³-hybridized carbons (Fsp3) is 0.379. The standard InChI is InChI=1S/C29H32FN3O4S/c1-20(29(35)31-24-9-2-3-10-24)32(19-21-14-16-23(30)17-15-21)27(34)13-6-18-33-25-11-4-7-22-8-5-12-26(28(22)25)38(33,36)37/h4-5,7-8,11-12,14-17,20,24H,2-3,6,9-10,13,18-19H2,1H3,(H,31,35). The molecule has 38 heavy (non-hydrogen) atoms. The summed E-state index contributed by atoms with van der Waals surface area (Å²) < 4.78 is 41.3. The van der Waals surface area contributed by atoms with Crippen LogP contribution in [0.3, 0.4) is 0 Å². The van der Waals surface area contributed by atoms with Gasteiger partial charge in [0.2, 0.25) is 11.8 Å². The topological polar surface area (TPSA) is 86.8 Å². The van der Waals surface area contributed by atoms with Gasteiger partial charge in [0, 0.05) is 30.9 Å². The first kappa shape index (κ1) is 26.2. The zero-order valence-electron chi connectivity index (χ0n) is 21.4. The molecule has 3 aromatic rings. The number of halogens is 1. The number of carbonyl (C=O) groups is 2. The van der Waals surface area contributed by atoms with Crippen LogP contribution < -0.4 is 9.62 Å². The van der Waals surface area contributed by atoms with Gasteiger partial charge in [-0.25, -0.2) is 12.8 Å². The van der Waals surface area contributed by atoms with Crippen molar-refractivity contribution in [3.63, 3.8) is 0 Å². The van der Waals surface area contributed by atoms with Gasteiger partial charge in [-0.05, 0) is 61.4 Å². The molecule has 7 nitrogen and oxygen atoms in total. The maximum atomic E-state index is 13.5. The van der Waals surface area contributed by atoms with E-state index in [0.29, 0.717) is 23.1 Å². The second-order valence-electron chi connectivity index (χ2n) is 10.1. The first-order valence-electron chi connectivity index (χ1n) is 13.1. The Balaban J connectivity index is 1.29. The van der Waals surface area contributed by atoms with Crippen molar-refractivity contribution < 1.29 is 22.4 Å². The Morgan fingerprint density at radius 3 is 2.45 bits per heavy atom. The first-order chi connectivity index (χ1) is 18.3. The summed E-state index contributed by atoms with van der Waals surface area (Å²) in [6.45, 7) is 2.01. The fourth-order valence-corrected chi connectivity index (χ4v) is 7.23. The fourth-order valence-electron chi connectivity index (χ4n) is 5.48. The highest BCUT2D eigenvalue weighted by atomic mass is 32.2. The van der Waals surface area contributed by atoms with E-state index >= 15 is 0 Å². The van der Waals surface area contributed by atoms with Gasteiger partial charge in [0.15, 0.2) is 0 Å². The van der Waals surface area contributed by atoms with E-state index in [0.717, 1.165) is 31.1 Å². The van der Waals surface area contributed by atoms with E-state index < -0.39 is 16.1 Å². The molecule has 1 saturated carbocycles. The summed E-state index contributed by atoms with van der Waals surface area (Å²) in [5, 5.41) is 4.62. The van der Waals surface area contributed by atoms with Crippen molar-refractivity contribution in [2.45, 2.75) is 69.0 Å². The van der Waals surface area contributed by atoms with Crippen LogP contribution in [0.5, 0.6) is 0 Å². The van der Waals surface area contributed by atoms with Crippen molar-refractivity contribution in [3.05, 3.63) is 72.0 Å². The van der Waals surface area contributed by atoms with Crippen LogP contribution in [-0.4, -0.2) is 43.8 Å².